The number of benzene rings is 7. The second-order valence-corrected chi connectivity index (χ2v) is 10.9. The van der Waals surface area contributed by atoms with E-state index >= 15 is 0 Å². The first-order chi connectivity index (χ1) is 21.3. The lowest BCUT2D eigenvalue weighted by Gasteiger charge is -2.25. The summed E-state index contributed by atoms with van der Waals surface area (Å²) in [6.45, 7) is 0. The summed E-state index contributed by atoms with van der Waals surface area (Å²) < 4.78 is 0. The van der Waals surface area contributed by atoms with Gasteiger partial charge in [0.05, 0.1) is 5.52 Å². The molecule has 43 heavy (non-hydrogen) atoms. The van der Waals surface area contributed by atoms with E-state index in [-0.39, 0.29) is 0 Å². The molecule has 0 amide bonds. The highest BCUT2D eigenvalue weighted by atomic mass is 15.2. The molecule has 0 aliphatic carbocycles. The van der Waals surface area contributed by atoms with Gasteiger partial charge >= 0.3 is 0 Å². The molecule has 0 saturated carbocycles. The molecule has 0 spiro atoms. The van der Waals surface area contributed by atoms with Gasteiger partial charge in [0, 0.05) is 16.8 Å². The maximum atomic E-state index is 5.10. The first-order valence-corrected chi connectivity index (χ1v) is 14.6. The molecular weight excluding hydrogens is 520 g/mol. The Bertz CT molecular complexity index is 2160. The molecule has 1 heterocycles. The molecule has 0 saturated heterocycles. The fraction of sp³-hybridized carbons (Fsp3) is 0. The van der Waals surface area contributed by atoms with Gasteiger partial charge in [-0.25, -0.2) is 4.98 Å². The molecule has 0 radical (unpaired) electrons. The molecule has 0 aliphatic heterocycles. The number of fused-ring (bicyclic) bond motifs is 3. The lowest BCUT2D eigenvalue weighted by atomic mass is 9.93. The van der Waals surface area contributed by atoms with Crippen LogP contribution in [0.1, 0.15) is 0 Å². The number of rotatable bonds is 5. The molecule has 0 atom stereocenters. The second-order valence-electron chi connectivity index (χ2n) is 10.9. The van der Waals surface area contributed by atoms with E-state index in [1.54, 1.807) is 0 Å². The van der Waals surface area contributed by atoms with E-state index in [9.17, 15) is 0 Å². The van der Waals surface area contributed by atoms with Gasteiger partial charge in [0.1, 0.15) is 5.82 Å². The Balaban J connectivity index is 1.27. The Kier molecular flexibility index (Phi) is 6.16. The van der Waals surface area contributed by atoms with Crippen LogP contribution in [0.5, 0.6) is 0 Å². The van der Waals surface area contributed by atoms with E-state index in [1.165, 1.54) is 43.8 Å². The van der Waals surface area contributed by atoms with Crippen LogP contribution in [0.25, 0.3) is 54.7 Å². The van der Waals surface area contributed by atoms with Crippen molar-refractivity contribution in [3.63, 3.8) is 0 Å². The van der Waals surface area contributed by atoms with Crippen LogP contribution in [-0.2, 0) is 0 Å². The summed E-state index contributed by atoms with van der Waals surface area (Å²) in [5, 5.41) is 6.04. The highest BCUT2D eigenvalue weighted by Crippen LogP contribution is 2.39. The predicted octanol–water partition coefficient (Wildman–Crippen LogP) is 11.3. The summed E-state index contributed by atoms with van der Waals surface area (Å²) in [5.41, 5.74) is 7.96. The van der Waals surface area contributed by atoms with Crippen molar-refractivity contribution >= 4 is 49.6 Å². The molecule has 1 aromatic heterocycles. The average molecular weight is 549 g/mol. The van der Waals surface area contributed by atoms with Gasteiger partial charge in [0.15, 0.2) is 0 Å². The van der Waals surface area contributed by atoms with Crippen molar-refractivity contribution in [1.82, 2.24) is 4.98 Å². The molecule has 2 nitrogen and oxygen atoms in total. The minimum Gasteiger partial charge on any atom is -0.295 e. The van der Waals surface area contributed by atoms with Crippen molar-refractivity contribution in [3.8, 4) is 22.3 Å². The van der Waals surface area contributed by atoms with Crippen LogP contribution in [0, 0.1) is 0 Å². The standard InChI is InChI=1S/C41H28N2/c1-2-10-29(11-3-1)35-26-34-15-6-8-16-38(34)39(28-35)31-19-22-36(23-20-31)43(37-24-18-30-12-4-5-14-33(30)27-37)41-25-21-32-13-7-9-17-40(32)42-41/h1-28H. The zero-order chi connectivity index (χ0) is 28.6. The number of hydrogen-bond acceptors (Lipinski definition) is 2. The number of para-hydroxylation sites is 1. The van der Waals surface area contributed by atoms with Gasteiger partial charge in [0.2, 0.25) is 0 Å². The third kappa shape index (κ3) is 4.69. The maximum Gasteiger partial charge on any atom is 0.138 e. The lowest BCUT2D eigenvalue weighted by molar-refractivity contribution is 1.21. The quantitative estimate of drug-likeness (QED) is 0.213. The fourth-order valence-electron chi connectivity index (χ4n) is 6.05. The Hall–Kier alpha value is -5.73. The van der Waals surface area contributed by atoms with E-state index in [0.717, 1.165) is 28.1 Å². The fourth-order valence-corrected chi connectivity index (χ4v) is 6.05. The molecule has 0 unspecified atom stereocenters. The number of hydrogen-bond donors (Lipinski definition) is 0. The van der Waals surface area contributed by atoms with Gasteiger partial charge in [-0.2, -0.15) is 0 Å². The summed E-state index contributed by atoms with van der Waals surface area (Å²) in [4.78, 5) is 7.35. The molecule has 0 fully saturated rings. The van der Waals surface area contributed by atoms with Crippen molar-refractivity contribution in [1.29, 1.82) is 0 Å². The molecule has 0 aliphatic rings. The number of anilines is 3. The zero-order valence-corrected chi connectivity index (χ0v) is 23.6. The van der Waals surface area contributed by atoms with Crippen molar-refractivity contribution in [2.75, 3.05) is 4.90 Å². The van der Waals surface area contributed by atoms with Crippen LogP contribution >= 0.6 is 0 Å². The van der Waals surface area contributed by atoms with Gasteiger partial charge in [-0.05, 0) is 98.4 Å². The van der Waals surface area contributed by atoms with Gasteiger partial charge in [0.25, 0.3) is 0 Å². The molecule has 0 bridgehead atoms. The van der Waals surface area contributed by atoms with E-state index in [0.29, 0.717) is 0 Å². The molecule has 8 aromatic rings. The van der Waals surface area contributed by atoms with Gasteiger partial charge < -0.3 is 0 Å². The van der Waals surface area contributed by atoms with Crippen LogP contribution in [0.4, 0.5) is 17.2 Å². The third-order valence-corrected chi connectivity index (χ3v) is 8.21. The van der Waals surface area contributed by atoms with E-state index < -0.39 is 0 Å². The highest BCUT2D eigenvalue weighted by molar-refractivity contribution is 6.00. The topological polar surface area (TPSA) is 16.1 Å². The van der Waals surface area contributed by atoms with E-state index in [4.69, 9.17) is 4.98 Å². The first kappa shape index (κ1) is 25.0. The van der Waals surface area contributed by atoms with Crippen LogP contribution < -0.4 is 4.90 Å². The Labute approximate surface area is 251 Å². The van der Waals surface area contributed by atoms with Gasteiger partial charge in [-0.15, -0.1) is 0 Å². The molecule has 0 N–H and O–H groups in total. The minimum absolute atomic E-state index is 0.887. The van der Waals surface area contributed by atoms with Crippen molar-refractivity contribution in [2.24, 2.45) is 0 Å². The van der Waals surface area contributed by atoms with Crippen LogP contribution in [0.3, 0.4) is 0 Å². The van der Waals surface area contributed by atoms with Crippen LogP contribution in [0.15, 0.2) is 170 Å². The summed E-state index contributed by atoms with van der Waals surface area (Å²) in [7, 11) is 0. The second kappa shape index (κ2) is 10.6. The molecule has 8 rings (SSSR count). The number of pyridine rings is 1. The Morgan fingerprint density at radius 3 is 1.86 bits per heavy atom. The maximum absolute atomic E-state index is 5.10. The van der Waals surface area contributed by atoms with Crippen molar-refractivity contribution < 1.29 is 0 Å². The first-order valence-electron chi connectivity index (χ1n) is 14.6. The molecule has 7 aromatic carbocycles. The highest BCUT2D eigenvalue weighted by Gasteiger charge is 2.16. The van der Waals surface area contributed by atoms with Gasteiger partial charge in [-0.1, -0.05) is 115 Å². The largest absolute Gasteiger partial charge is 0.295 e. The van der Waals surface area contributed by atoms with Crippen molar-refractivity contribution in [3.05, 3.63) is 170 Å². The molecule has 2 heteroatoms. The normalized spacial score (nSPS) is 11.3. The summed E-state index contributed by atoms with van der Waals surface area (Å²) in [5.74, 6) is 0.887. The number of nitrogens with zero attached hydrogens (tertiary/aromatic N) is 2. The molecular formula is C41H28N2. The van der Waals surface area contributed by atoms with E-state index in [2.05, 4.69) is 169 Å². The summed E-state index contributed by atoms with van der Waals surface area (Å²) >= 11 is 0. The average Bonchev–Trinajstić information content (AvgIpc) is 3.08. The Morgan fingerprint density at radius 2 is 1.02 bits per heavy atom. The molecule has 202 valence electrons. The predicted molar refractivity (Wildman–Crippen MR) is 182 cm³/mol. The smallest absolute Gasteiger partial charge is 0.138 e. The Morgan fingerprint density at radius 1 is 0.372 bits per heavy atom. The monoisotopic (exact) mass is 548 g/mol. The number of aromatic nitrogens is 1. The van der Waals surface area contributed by atoms with E-state index in [1.807, 2.05) is 6.07 Å². The summed E-state index contributed by atoms with van der Waals surface area (Å²) in [6, 6.07) is 60.4. The van der Waals surface area contributed by atoms with Crippen molar-refractivity contribution in [2.45, 2.75) is 0 Å². The lowest BCUT2D eigenvalue weighted by Crippen LogP contribution is -2.11. The third-order valence-electron chi connectivity index (χ3n) is 8.21. The van der Waals surface area contributed by atoms with Crippen LogP contribution in [0.2, 0.25) is 0 Å². The van der Waals surface area contributed by atoms with Crippen LogP contribution in [-0.4, -0.2) is 4.98 Å². The van der Waals surface area contributed by atoms with Gasteiger partial charge in [-0.3, -0.25) is 4.90 Å². The minimum atomic E-state index is 0.887. The zero-order valence-electron chi connectivity index (χ0n) is 23.6. The summed E-state index contributed by atoms with van der Waals surface area (Å²) in [6.07, 6.45) is 0. The SMILES string of the molecule is c1ccc(-c2cc(-c3ccc(N(c4ccc5ccccc5c4)c4ccc5ccccc5n4)cc3)c3ccccc3c2)cc1.